The molecule has 0 unspecified atom stereocenters. The number of hydrogen-bond acceptors (Lipinski definition) is 4. The first-order valence-corrected chi connectivity index (χ1v) is 4.65. The van der Waals surface area contributed by atoms with Crippen LogP contribution in [0.2, 0.25) is 0 Å². The number of methoxy groups -OCH3 is 1. The molecule has 0 N–H and O–H groups in total. The van der Waals surface area contributed by atoms with Crippen LogP contribution >= 0.6 is 0 Å². The summed E-state index contributed by atoms with van der Waals surface area (Å²) in [5.41, 5.74) is -0.530. The summed E-state index contributed by atoms with van der Waals surface area (Å²) in [6.45, 7) is 1.77. The number of hydrogen-bond donors (Lipinski definition) is 0. The summed E-state index contributed by atoms with van der Waals surface area (Å²) >= 11 is 0. The van der Waals surface area contributed by atoms with Gasteiger partial charge >= 0.3 is 11.9 Å². The predicted molar refractivity (Wildman–Crippen MR) is 53.7 cm³/mol. The van der Waals surface area contributed by atoms with Crippen molar-refractivity contribution in [2.45, 2.75) is 6.92 Å². The molecule has 86 valence electrons. The van der Waals surface area contributed by atoms with E-state index in [2.05, 4.69) is 4.74 Å². The molecule has 0 bridgehead atoms. The Morgan fingerprint density at radius 3 is 2.56 bits per heavy atom. The monoisotopic (exact) mass is 226 g/mol. The number of carbonyl (C=O) groups is 2. The fourth-order valence-electron chi connectivity index (χ4n) is 1.21. The van der Waals surface area contributed by atoms with E-state index in [0.29, 0.717) is 0 Å². The van der Waals surface area contributed by atoms with E-state index in [0.717, 1.165) is 13.2 Å². The molecule has 0 fully saturated rings. The average Bonchev–Trinajstić information content (AvgIpc) is 2.28. The Morgan fingerprint density at radius 2 is 2.00 bits per heavy atom. The molecule has 0 spiro atoms. The lowest BCUT2D eigenvalue weighted by molar-refractivity contribution is 0.0501. The van der Waals surface area contributed by atoms with Crippen LogP contribution in [0, 0.1) is 5.82 Å². The van der Waals surface area contributed by atoms with Crippen LogP contribution in [0.5, 0.6) is 0 Å². The number of esters is 2. The molecule has 4 nitrogen and oxygen atoms in total. The second-order valence-electron chi connectivity index (χ2n) is 2.87. The molecule has 0 aliphatic carbocycles. The van der Waals surface area contributed by atoms with Gasteiger partial charge in [-0.25, -0.2) is 14.0 Å². The summed E-state index contributed by atoms with van der Waals surface area (Å²) in [7, 11) is 1.11. The molecule has 0 radical (unpaired) electrons. The lowest BCUT2D eigenvalue weighted by Gasteiger charge is -2.07. The van der Waals surface area contributed by atoms with E-state index in [1.807, 2.05) is 0 Å². The molecule has 0 saturated carbocycles. The Kier molecular flexibility index (Phi) is 3.99. The minimum absolute atomic E-state index is 0.131. The molecule has 1 aromatic carbocycles. The predicted octanol–water partition coefficient (Wildman–Crippen LogP) is 1.79. The standard InChI is InChI=1S/C11H11FO4/c1-3-16-10(13)7-5-4-6-8(12)9(7)11(14)15-2/h4-6H,3H2,1-2H3. The highest BCUT2D eigenvalue weighted by atomic mass is 19.1. The highest BCUT2D eigenvalue weighted by Gasteiger charge is 2.22. The van der Waals surface area contributed by atoms with Crippen LogP contribution < -0.4 is 0 Å². The SMILES string of the molecule is CCOC(=O)c1cccc(F)c1C(=O)OC. The average molecular weight is 226 g/mol. The van der Waals surface area contributed by atoms with Gasteiger partial charge in [0.1, 0.15) is 11.4 Å². The zero-order valence-electron chi connectivity index (χ0n) is 8.95. The molecule has 0 atom stereocenters. The Balaban J connectivity index is 3.22. The van der Waals surface area contributed by atoms with Gasteiger partial charge in [0, 0.05) is 0 Å². The molecule has 0 saturated heterocycles. The summed E-state index contributed by atoms with van der Waals surface area (Å²) in [5, 5.41) is 0. The zero-order valence-corrected chi connectivity index (χ0v) is 8.95. The lowest BCUT2D eigenvalue weighted by atomic mass is 10.1. The summed E-state index contributed by atoms with van der Waals surface area (Å²) in [5.74, 6) is -2.46. The fraction of sp³-hybridized carbons (Fsp3) is 0.273. The van der Waals surface area contributed by atoms with Crippen molar-refractivity contribution < 1.29 is 23.5 Å². The van der Waals surface area contributed by atoms with E-state index in [1.54, 1.807) is 6.92 Å². The van der Waals surface area contributed by atoms with Gasteiger partial charge in [0.25, 0.3) is 0 Å². The van der Waals surface area contributed by atoms with E-state index in [4.69, 9.17) is 4.74 Å². The van der Waals surface area contributed by atoms with Gasteiger partial charge in [-0.2, -0.15) is 0 Å². The second-order valence-corrected chi connectivity index (χ2v) is 2.87. The summed E-state index contributed by atoms with van der Waals surface area (Å²) in [6.07, 6.45) is 0. The van der Waals surface area contributed by atoms with Gasteiger partial charge in [-0.3, -0.25) is 0 Å². The van der Waals surface area contributed by atoms with Gasteiger partial charge in [-0.05, 0) is 19.1 Å². The van der Waals surface area contributed by atoms with Crippen molar-refractivity contribution in [3.8, 4) is 0 Å². The summed E-state index contributed by atoms with van der Waals surface area (Å²) in [6, 6.07) is 3.72. The van der Waals surface area contributed by atoms with Crippen molar-refractivity contribution in [2.24, 2.45) is 0 Å². The Bertz CT molecular complexity index is 414. The lowest BCUT2D eigenvalue weighted by Crippen LogP contribution is -2.14. The molecular weight excluding hydrogens is 215 g/mol. The van der Waals surface area contributed by atoms with Crippen molar-refractivity contribution in [3.63, 3.8) is 0 Å². The summed E-state index contributed by atoms with van der Waals surface area (Å²) in [4.78, 5) is 22.7. The number of rotatable bonds is 3. The van der Waals surface area contributed by atoms with Crippen LogP contribution in [0.3, 0.4) is 0 Å². The van der Waals surface area contributed by atoms with E-state index in [-0.39, 0.29) is 12.2 Å². The van der Waals surface area contributed by atoms with Crippen molar-refractivity contribution in [2.75, 3.05) is 13.7 Å². The van der Waals surface area contributed by atoms with Crippen molar-refractivity contribution in [1.29, 1.82) is 0 Å². The van der Waals surface area contributed by atoms with Crippen molar-refractivity contribution >= 4 is 11.9 Å². The highest BCUT2D eigenvalue weighted by molar-refractivity contribution is 6.03. The van der Waals surface area contributed by atoms with Crippen molar-refractivity contribution in [3.05, 3.63) is 35.1 Å². The normalized spacial score (nSPS) is 9.69. The maximum atomic E-state index is 13.4. The molecule has 0 amide bonds. The molecular formula is C11H11FO4. The molecule has 16 heavy (non-hydrogen) atoms. The van der Waals surface area contributed by atoms with Crippen LogP contribution in [0.15, 0.2) is 18.2 Å². The van der Waals surface area contributed by atoms with Crippen LogP contribution in [0.4, 0.5) is 4.39 Å². The van der Waals surface area contributed by atoms with Gasteiger partial charge in [-0.15, -0.1) is 0 Å². The highest BCUT2D eigenvalue weighted by Crippen LogP contribution is 2.15. The quantitative estimate of drug-likeness (QED) is 0.737. The number of benzene rings is 1. The zero-order chi connectivity index (χ0) is 12.1. The van der Waals surface area contributed by atoms with Gasteiger partial charge in [-0.1, -0.05) is 6.07 Å². The first kappa shape index (κ1) is 12.2. The molecule has 5 heteroatoms. The van der Waals surface area contributed by atoms with Crippen LogP contribution in [0.1, 0.15) is 27.6 Å². The second kappa shape index (κ2) is 5.25. The van der Waals surface area contributed by atoms with E-state index in [1.165, 1.54) is 12.1 Å². The number of halogens is 1. The van der Waals surface area contributed by atoms with Crippen molar-refractivity contribution in [1.82, 2.24) is 0 Å². The minimum Gasteiger partial charge on any atom is -0.465 e. The first-order valence-electron chi connectivity index (χ1n) is 4.65. The van der Waals surface area contributed by atoms with Gasteiger partial charge in [0.2, 0.25) is 0 Å². The number of ether oxygens (including phenoxy) is 2. The Hall–Kier alpha value is -1.91. The van der Waals surface area contributed by atoms with Gasteiger partial charge < -0.3 is 9.47 Å². The molecule has 1 rings (SSSR count). The summed E-state index contributed by atoms with van der Waals surface area (Å²) < 4.78 is 22.5. The smallest absolute Gasteiger partial charge is 0.341 e. The van der Waals surface area contributed by atoms with E-state index >= 15 is 0 Å². The third-order valence-electron chi connectivity index (χ3n) is 1.90. The Labute approximate surface area is 92.0 Å². The maximum Gasteiger partial charge on any atom is 0.341 e. The number of carbonyl (C=O) groups excluding carboxylic acids is 2. The maximum absolute atomic E-state index is 13.4. The van der Waals surface area contributed by atoms with E-state index in [9.17, 15) is 14.0 Å². The first-order chi connectivity index (χ1) is 7.61. The van der Waals surface area contributed by atoms with Crippen LogP contribution in [-0.4, -0.2) is 25.7 Å². The fourth-order valence-corrected chi connectivity index (χ4v) is 1.21. The third kappa shape index (κ3) is 2.36. The van der Waals surface area contributed by atoms with Gasteiger partial charge in [0.15, 0.2) is 0 Å². The van der Waals surface area contributed by atoms with Crippen LogP contribution in [-0.2, 0) is 9.47 Å². The molecule has 0 heterocycles. The van der Waals surface area contributed by atoms with E-state index < -0.39 is 23.3 Å². The van der Waals surface area contributed by atoms with Crippen LogP contribution in [0.25, 0.3) is 0 Å². The molecule has 1 aromatic rings. The topological polar surface area (TPSA) is 52.6 Å². The largest absolute Gasteiger partial charge is 0.465 e. The molecule has 0 aliphatic heterocycles. The minimum atomic E-state index is -0.902. The third-order valence-corrected chi connectivity index (χ3v) is 1.90. The Morgan fingerprint density at radius 1 is 1.31 bits per heavy atom. The molecule has 0 aliphatic rings. The van der Waals surface area contributed by atoms with Gasteiger partial charge in [0.05, 0.1) is 19.3 Å². The molecule has 0 aromatic heterocycles.